The normalized spacial score (nSPS) is 15.7. The molecule has 158 valence electrons. The van der Waals surface area contributed by atoms with Crippen LogP contribution in [0.25, 0.3) is 0 Å². The minimum Gasteiger partial charge on any atom is -0.483 e. The van der Waals surface area contributed by atoms with E-state index in [-0.39, 0.29) is 31.3 Å². The molecule has 0 aromatic heterocycles. The monoisotopic (exact) mass is 410 g/mol. The zero-order valence-electron chi connectivity index (χ0n) is 17.1. The van der Waals surface area contributed by atoms with E-state index in [1.807, 2.05) is 36.1 Å². The van der Waals surface area contributed by atoms with Gasteiger partial charge in [0.25, 0.3) is 11.8 Å². The fourth-order valence-electron chi connectivity index (χ4n) is 3.84. The number of ether oxygens (including phenoxy) is 3. The molecule has 0 radical (unpaired) electrons. The number of hydrogen-bond donors (Lipinski definition) is 1. The molecule has 4 rings (SSSR count). The number of nitrogens with one attached hydrogen (secondary N) is 1. The lowest BCUT2D eigenvalue weighted by Gasteiger charge is -2.22. The van der Waals surface area contributed by atoms with Gasteiger partial charge in [0.2, 0.25) is 6.79 Å². The van der Waals surface area contributed by atoms with Crippen molar-refractivity contribution >= 4 is 11.8 Å². The van der Waals surface area contributed by atoms with E-state index in [0.717, 1.165) is 31.5 Å². The number of amides is 2. The minimum atomic E-state index is -0.270. The van der Waals surface area contributed by atoms with Crippen LogP contribution >= 0.6 is 0 Å². The van der Waals surface area contributed by atoms with Crippen LogP contribution in [-0.4, -0.2) is 43.2 Å². The molecule has 2 amide bonds. The molecule has 1 unspecified atom stereocenters. The third-order valence-electron chi connectivity index (χ3n) is 5.46. The second-order valence-electron chi connectivity index (χ2n) is 7.39. The Morgan fingerprint density at radius 1 is 1.10 bits per heavy atom. The van der Waals surface area contributed by atoms with Crippen LogP contribution in [0.1, 0.15) is 48.1 Å². The summed E-state index contributed by atoms with van der Waals surface area (Å²) in [6, 6.07) is 12.5. The summed E-state index contributed by atoms with van der Waals surface area (Å²) in [7, 11) is 0. The Labute approximate surface area is 175 Å². The molecule has 7 nitrogen and oxygen atoms in total. The molecule has 0 bridgehead atoms. The highest BCUT2D eigenvalue weighted by atomic mass is 16.7. The van der Waals surface area contributed by atoms with Gasteiger partial charge in [0.1, 0.15) is 5.75 Å². The van der Waals surface area contributed by atoms with Crippen molar-refractivity contribution < 1.29 is 23.8 Å². The number of para-hydroxylation sites is 2. The molecule has 0 aliphatic carbocycles. The molecule has 7 heteroatoms. The van der Waals surface area contributed by atoms with Crippen LogP contribution in [0, 0.1) is 0 Å². The lowest BCUT2D eigenvalue weighted by Crippen LogP contribution is -2.32. The second-order valence-corrected chi connectivity index (χ2v) is 7.39. The standard InChI is InChI=1S/C23H26N2O5/c1-2-18(24-23(27)17-9-7-11-20-22(17)30-15-29-20)16-8-3-4-10-19(16)28-14-21(26)25-12-5-6-13-25/h3-4,7-11,18H,2,5-6,12-15H2,1H3,(H,24,27). The first-order valence-corrected chi connectivity index (χ1v) is 10.4. The first-order chi connectivity index (χ1) is 14.7. The maximum absolute atomic E-state index is 13.0. The molecule has 0 saturated carbocycles. The number of carbonyl (C=O) groups is 2. The predicted molar refractivity (Wildman–Crippen MR) is 111 cm³/mol. The van der Waals surface area contributed by atoms with E-state index in [4.69, 9.17) is 14.2 Å². The van der Waals surface area contributed by atoms with Crippen molar-refractivity contribution in [3.8, 4) is 17.2 Å². The minimum absolute atomic E-state index is 0.00122. The summed E-state index contributed by atoms with van der Waals surface area (Å²) in [5.74, 6) is 1.39. The highest BCUT2D eigenvalue weighted by Crippen LogP contribution is 2.36. The van der Waals surface area contributed by atoms with Crippen LogP contribution in [0.5, 0.6) is 17.2 Å². The zero-order valence-corrected chi connectivity index (χ0v) is 17.1. The van der Waals surface area contributed by atoms with Crippen LogP contribution in [0.15, 0.2) is 42.5 Å². The average Bonchev–Trinajstić information content (AvgIpc) is 3.47. The Morgan fingerprint density at radius 3 is 2.70 bits per heavy atom. The van der Waals surface area contributed by atoms with Crippen molar-refractivity contribution in [2.45, 2.75) is 32.2 Å². The van der Waals surface area contributed by atoms with Gasteiger partial charge in [-0.3, -0.25) is 9.59 Å². The summed E-state index contributed by atoms with van der Waals surface area (Å²) in [5.41, 5.74) is 1.28. The number of fused-ring (bicyclic) bond motifs is 1. The van der Waals surface area contributed by atoms with Crippen LogP contribution in [0.3, 0.4) is 0 Å². The van der Waals surface area contributed by atoms with Crippen molar-refractivity contribution in [1.82, 2.24) is 10.2 Å². The quantitative estimate of drug-likeness (QED) is 0.758. The lowest BCUT2D eigenvalue weighted by molar-refractivity contribution is -0.132. The van der Waals surface area contributed by atoms with E-state index in [1.54, 1.807) is 18.2 Å². The van der Waals surface area contributed by atoms with Crippen molar-refractivity contribution in [2.24, 2.45) is 0 Å². The topological polar surface area (TPSA) is 77.1 Å². The molecule has 1 atom stereocenters. The van der Waals surface area contributed by atoms with Gasteiger partial charge in [0.05, 0.1) is 11.6 Å². The first-order valence-electron chi connectivity index (χ1n) is 10.4. The second kappa shape index (κ2) is 9.07. The molecule has 2 aliphatic heterocycles. The molecular formula is C23H26N2O5. The molecule has 2 aromatic rings. The molecule has 30 heavy (non-hydrogen) atoms. The van der Waals surface area contributed by atoms with Gasteiger partial charge < -0.3 is 24.4 Å². The van der Waals surface area contributed by atoms with Gasteiger partial charge in [-0.15, -0.1) is 0 Å². The maximum atomic E-state index is 13.0. The summed E-state index contributed by atoms with van der Waals surface area (Å²) in [5, 5.41) is 3.06. The largest absolute Gasteiger partial charge is 0.483 e. The molecule has 1 fully saturated rings. The third-order valence-corrected chi connectivity index (χ3v) is 5.46. The van der Waals surface area contributed by atoms with Crippen LogP contribution in [-0.2, 0) is 4.79 Å². The summed E-state index contributed by atoms with van der Waals surface area (Å²) < 4.78 is 16.7. The fourth-order valence-corrected chi connectivity index (χ4v) is 3.84. The summed E-state index contributed by atoms with van der Waals surface area (Å²) in [6.45, 7) is 3.69. The summed E-state index contributed by atoms with van der Waals surface area (Å²) in [6.07, 6.45) is 2.76. The van der Waals surface area contributed by atoms with Crippen LogP contribution < -0.4 is 19.5 Å². The van der Waals surface area contributed by atoms with Crippen molar-refractivity contribution in [3.63, 3.8) is 0 Å². The fraction of sp³-hybridized carbons (Fsp3) is 0.391. The van der Waals surface area contributed by atoms with E-state index in [2.05, 4.69) is 5.32 Å². The van der Waals surface area contributed by atoms with E-state index >= 15 is 0 Å². The maximum Gasteiger partial charge on any atom is 0.260 e. The van der Waals surface area contributed by atoms with Crippen LogP contribution in [0.4, 0.5) is 0 Å². The van der Waals surface area contributed by atoms with E-state index in [1.165, 1.54) is 0 Å². The molecule has 2 heterocycles. The molecule has 2 aromatic carbocycles. The van der Waals surface area contributed by atoms with Gasteiger partial charge in [-0.2, -0.15) is 0 Å². The summed E-state index contributed by atoms with van der Waals surface area (Å²) in [4.78, 5) is 27.1. The SMILES string of the molecule is CCC(NC(=O)c1cccc2c1OCO2)c1ccccc1OCC(=O)N1CCCC1. The number of likely N-dealkylation sites (tertiary alicyclic amines) is 1. The predicted octanol–water partition coefficient (Wildman–Crippen LogP) is 3.30. The molecule has 0 spiro atoms. The van der Waals surface area contributed by atoms with Crippen LogP contribution in [0.2, 0.25) is 0 Å². The van der Waals surface area contributed by atoms with Crippen molar-refractivity contribution in [3.05, 3.63) is 53.6 Å². The van der Waals surface area contributed by atoms with Gasteiger partial charge >= 0.3 is 0 Å². The Morgan fingerprint density at radius 2 is 1.90 bits per heavy atom. The van der Waals surface area contributed by atoms with E-state index in [0.29, 0.717) is 29.2 Å². The molecule has 1 N–H and O–H groups in total. The first kappa shape index (κ1) is 20.1. The van der Waals surface area contributed by atoms with Gasteiger partial charge in [-0.05, 0) is 37.5 Å². The average molecular weight is 410 g/mol. The number of rotatable bonds is 7. The Kier molecular flexibility index (Phi) is 6.07. The van der Waals surface area contributed by atoms with Crippen molar-refractivity contribution in [2.75, 3.05) is 26.5 Å². The molecular weight excluding hydrogens is 384 g/mol. The molecule has 2 aliphatic rings. The van der Waals surface area contributed by atoms with Gasteiger partial charge in [-0.25, -0.2) is 0 Å². The number of nitrogens with zero attached hydrogens (tertiary/aromatic N) is 1. The smallest absolute Gasteiger partial charge is 0.260 e. The Hall–Kier alpha value is -3.22. The van der Waals surface area contributed by atoms with E-state index < -0.39 is 0 Å². The number of carbonyl (C=O) groups excluding carboxylic acids is 2. The third kappa shape index (κ3) is 4.20. The van der Waals surface area contributed by atoms with Gasteiger partial charge in [-0.1, -0.05) is 31.2 Å². The van der Waals surface area contributed by atoms with Gasteiger partial charge in [0.15, 0.2) is 18.1 Å². The summed E-state index contributed by atoms with van der Waals surface area (Å²) >= 11 is 0. The Bertz CT molecular complexity index is 924. The Balaban J connectivity index is 1.47. The molecule has 1 saturated heterocycles. The zero-order chi connectivity index (χ0) is 20.9. The highest BCUT2D eigenvalue weighted by molar-refractivity contribution is 5.98. The lowest BCUT2D eigenvalue weighted by atomic mass is 10.0. The highest BCUT2D eigenvalue weighted by Gasteiger charge is 2.25. The van der Waals surface area contributed by atoms with E-state index in [9.17, 15) is 9.59 Å². The number of benzene rings is 2. The number of hydrogen-bond acceptors (Lipinski definition) is 5. The van der Waals surface area contributed by atoms with Gasteiger partial charge in [0, 0.05) is 18.7 Å². The van der Waals surface area contributed by atoms with Crippen molar-refractivity contribution in [1.29, 1.82) is 0 Å².